The lowest BCUT2D eigenvalue weighted by atomic mass is 10.0. The number of nitrogens with zero attached hydrogens (tertiary/aromatic N) is 4. The summed E-state index contributed by atoms with van der Waals surface area (Å²) in [6.07, 6.45) is 5.30. The SMILES string of the molecule is Cc1cncc(-c2ccc(C(C)NC(=O)N(C)C3CCN(C)CC3)c(Cl)c2Cl)n1. The number of benzene rings is 1. The Bertz CT molecular complexity index is 883. The van der Waals surface area contributed by atoms with Crippen molar-refractivity contribution in [1.29, 1.82) is 0 Å². The highest BCUT2D eigenvalue weighted by Crippen LogP contribution is 2.37. The minimum absolute atomic E-state index is 0.104. The summed E-state index contributed by atoms with van der Waals surface area (Å²) >= 11 is 13.1. The van der Waals surface area contributed by atoms with E-state index in [4.69, 9.17) is 23.2 Å². The van der Waals surface area contributed by atoms with Gasteiger partial charge in [0.15, 0.2) is 0 Å². The van der Waals surface area contributed by atoms with E-state index in [2.05, 4.69) is 27.2 Å². The monoisotopic (exact) mass is 435 g/mol. The van der Waals surface area contributed by atoms with Gasteiger partial charge in [-0.05, 0) is 52.4 Å². The van der Waals surface area contributed by atoms with E-state index in [1.807, 2.05) is 33.0 Å². The van der Waals surface area contributed by atoms with Crippen LogP contribution in [0.1, 0.15) is 37.1 Å². The lowest BCUT2D eigenvalue weighted by molar-refractivity contribution is 0.146. The van der Waals surface area contributed by atoms with Crippen LogP contribution in [0.4, 0.5) is 4.79 Å². The first kappa shape index (κ1) is 21.8. The molecule has 1 fully saturated rings. The Kier molecular flexibility index (Phi) is 6.98. The van der Waals surface area contributed by atoms with Crippen molar-refractivity contribution in [3.05, 3.63) is 45.8 Å². The first-order valence-electron chi connectivity index (χ1n) is 9.76. The topological polar surface area (TPSA) is 61.4 Å². The molecule has 1 aromatic heterocycles. The highest BCUT2D eigenvalue weighted by atomic mass is 35.5. The quantitative estimate of drug-likeness (QED) is 0.764. The van der Waals surface area contributed by atoms with Gasteiger partial charge in [-0.1, -0.05) is 35.3 Å². The summed E-state index contributed by atoms with van der Waals surface area (Å²) in [6.45, 7) is 5.79. The van der Waals surface area contributed by atoms with Gasteiger partial charge < -0.3 is 15.1 Å². The van der Waals surface area contributed by atoms with Crippen molar-refractivity contribution in [2.45, 2.75) is 38.8 Å². The minimum atomic E-state index is -0.279. The lowest BCUT2D eigenvalue weighted by Gasteiger charge is -2.35. The fourth-order valence-electron chi connectivity index (χ4n) is 3.60. The average Bonchev–Trinajstić information content (AvgIpc) is 2.69. The van der Waals surface area contributed by atoms with Crippen LogP contribution in [0, 0.1) is 6.92 Å². The summed E-state index contributed by atoms with van der Waals surface area (Å²) in [5, 5.41) is 3.87. The number of aryl methyl sites for hydroxylation is 1. The number of hydrogen-bond donors (Lipinski definition) is 1. The van der Waals surface area contributed by atoms with Crippen molar-refractivity contribution in [2.24, 2.45) is 0 Å². The molecule has 1 aliphatic rings. The van der Waals surface area contributed by atoms with Gasteiger partial charge in [-0.2, -0.15) is 0 Å². The third kappa shape index (κ3) is 5.00. The summed E-state index contributed by atoms with van der Waals surface area (Å²) in [6, 6.07) is 3.62. The zero-order chi connectivity index (χ0) is 21.1. The van der Waals surface area contributed by atoms with E-state index in [1.54, 1.807) is 17.3 Å². The first-order chi connectivity index (χ1) is 13.8. The van der Waals surface area contributed by atoms with Crippen molar-refractivity contribution >= 4 is 29.2 Å². The number of hydrogen-bond acceptors (Lipinski definition) is 4. The van der Waals surface area contributed by atoms with Crippen LogP contribution in [0.2, 0.25) is 10.0 Å². The number of urea groups is 1. The second-order valence-corrected chi connectivity index (χ2v) is 8.45. The molecule has 8 heteroatoms. The van der Waals surface area contributed by atoms with Crippen molar-refractivity contribution in [2.75, 3.05) is 27.2 Å². The van der Waals surface area contributed by atoms with Gasteiger partial charge in [0.1, 0.15) is 0 Å². The molecule has 1 unspecified atom stereocenters. The zero-order valence-electron chi connectivity index (χ0n) is 17.2. The van der Waals surface area contributed by atoms with Crippen LogP contribution in [-0.2, 0) is 0 Å². The lowest BCUT2D eigenvalue weighted by Crippen LogP contribution is -2.48. The van der Waals surface area contributed by atoms with Gasteiger partial charge in [0, 0.05) is 24.8 Å². The van der Waals surface area contributed by atoms with E-state index < -0.39 is 0 Å². The standard InChI is InChI=1S/C21H27Cl2N5O/c1-13-11-24-12-18(25-13)17-6-5-16(19(22)20(17)23)14(2)26-21(29)28(4)15-7-9-27(3)10-8-15/h5-6,11-12,14-15H,7-10H2,1-4H3,(H,26,29). The van der Waals surface area contributed by atoms with E-state index in [-0.39, 0.29) is 18.1 Å². The number of carbonyl (C=O) groups excluding carboxylic acids is 1. The second kappa shape index (κ2) is 9.28. The Morgan fingerprint density at radius 3 is 2.59 bits per heavy atom. The fraction of sp³-hybridized carbons (Fsp3) is 0.476. The molecule has 1 saturated heterocycles. The summed E-state index contributed by atoms with van der Waals surface area (Å²) in [5.74, 6) is 0. The third-order valence-corrected chi connectivity index (χ3v) is 6.40. The molecule has 1 atom stereocenters. The Morgan fingerprint density at radius 2 is 1.93 bits per heavy atom. The maximum Gasteiger partial charge on any atom is 0.317 e. The van der Waals surface area contributed by atoms with Crippen LogP contribution < -0.4 is 5.32 Å². The Balaban J connectivity index is 1.73. The number of halogens is 2. The first-order valence-corrected chi connectivity index (χ1v) is 10.5. The molecule has 0 bridgehead atoms. The van der Waals surface area contributed by atoms with Crippen LogP contribution >= 0.6 is 23.2 Å². The number of nitrogens with one attached hydrogen (secondary N) is 1. The number of likely N-dealkylation sites (tertiary alicyclic amines) is 1. The van der Waals surface area contributed by atoms with Crippen molar-refractivity contribution < 1.29 is 4.79 Å². The van der Waals surface area contributed by atoms with Gasteiger partial charge in [0.2, 0.25) is 0 Å². The normalized spacial score (nSPS) is 16.5. The molecule has 0 radical (unpaired) electrons. The van der Waals surface area contributed by atoms with E-state index in [0.29, 0.717) is 15.7 Å². The Hall–Kier alpha value is -1.89. The highest BCUT2D eigenvalue weighted by Gasteiger charge is 2.25. The van der Waals surface area contributed by atoms with Crippen LogP contribution in [0.25, 0.3) is 11.3 Å². The predicted molar refractivity (Wildman–Crippen MR) is 117 cm³/mol. The van der Waals surface area contributed by atoms with Crippen LogP contribution in [-0.4, -0.2) is 59.0 Å². The maximum atomic E-state index is 12.7. The maximum absolute atomic E-state index is 12.7. The summed E-state index contributed by atoms with van der Waals surface area (Å²) in [4.78, 5) is 25.5. The highest BCUT2D eigenvalue weighted by molar-refractivity contribution is 6.44. The number of carbonyl (C=O) groups is 1. The summed E-state index contributed by atoms with van der Waals surface area (Å²) < 4.78 is 0. The molecular weight excluding hydrogens is 409 g/mol. The molecule has 1 aromatic carbocycles. The molecular formula is C21H27Cl2N5O. The van der Waals surface area contributed by atoms with Gasteiger partial charge in [-0.25, -0.2) is 9.78 Å². The molecule has 0 spiro atoms. The zero-order valence-corrected chi connectivity index (χ0v) is 18.8. The van der Waals surface area contributed by atoms with Gasteiger partial charge >= 0.3 is 6.03 Å². The number of amides is 2. The molecule has 2 heterocycles. The fourth-order valence-corrected chi connectivity index (χ4v) is 4.20. The smallest absolute Gasteiger partial charge is 0.317 e. The Labute approximate surface area is 182 Å². The van der Waals surface area contributed by atoms with Crippen LogP contribution in [0.5, 0.6) is 0 Å². The molecule has 29 heavy (non-hydrogen) atoms. The van der Waals surface area contributed by atoms with Crippen LogP contribution in [0.3, 0.4) is 0 Å². The minimum Gasteiger partial charge on any atom is -0.331 e. The summed E-state index contributed by atoms with van der Waals surface area (Å²) in [5.41, 5.74) is 2.96. The predicted octanol–water partition coefficient (Wildman–Crippen LogP) is 4.56. The van der Waals surface area contributed by atoms with Gasteiger partial charge in [-0.3, -0.25) is 4.98 Å². The number of aromatic nitrogens is 2. The molecule has 156 valence electrons. The van der Waals surface area contributed by atoms with Gasteiger partial charge in [-0.15, -0.1) is 0 Å². The molecule has 0 saturated carbocycles. The van der Waals surface area contributed by atoms with Crippen molar-refractivity contribution in [1.82, 2.24) is 25.1 Å². The van der Waals surface area contributed by atoms with Crippen LogP contribution in [0.15, 0.2) is 24.5 Å². The van der Waals surface area contributed by atoms with E-state index in [9.17, 15) is 4.79 Å². The molecule has 0 aliphatic carbocycles. The van der Waals surface area contributed by atoms with Gasteiger partial charge in [0.25, 0.3) is 0 Å². The number of piperidine rings is 1. The van der Waals surface area contributed by atoms with Gasteiger partial charge in [0.05, 0.1) is 33.7 Å². The molecule has 3 rings (SSSR count). The summed E-state index contributed by atoms with van der Waals surface area (Å²) in [7, 11) is 3.96. The number of rotatable bonds is 4. The Morgan fingerprint density at radius 1 is 1.24 bits per heavy atom. The molecule has 1 aliphatic heterocycles. The van der Waals surface area contributed by atoms with Crippen molar-refractivity contribution in [3.8, 4) is 11.3 Å². The second-order valence-electron chi connectivity index (χ2n) is 7.69. The van der Waals surface area contributed by atoms with E-state index in [1.165, 1.54) is 0 Å². The average molecular weight is 436 g/mol. The van der Waals surface area contributed by atoms with E-state index in [0.717, 1.165) is 42.8 Å². The third-order valence-electron chi connectivity index (χ3n) is 5.51. The molecule has 1 N–H and O–H groups in total. The largest absolute Gasteiger partial charge is 0.331 e. The van der Waals surface area contributed by atoms with Crippen molar-refractivity contribution in [3.63, 3.8) is 0 Å². The van der Waals surface area contributed by atoms with E-state index >= 15 is 0 Å². The molecule has 2 amide bonds. The molecule has 6 nitrogen and oxygen atoms in total. The molecule has 2 aromatic rings.